The molecule has 3 unspecified atom stereocenters. The van der Waals surface area contributed by atoms with E-state index in [1.165, 1.54) is 5.56 Å². The highest BCUT2D eigenvalue weighted by Crippen LogP contribution is 2.42. The number of allylic oxidation sites excluding steroid dienone is 3. The maximum Gasteiger partial charge on any atom is 0.176 e. The Kier molecular flexibility index (Phi) is 7.68. The molecule has 32 heavy (non-hydrogen) atoms. The van der Waals surface area contributed by atoms with E-state index in [9.17, 15) is 5.11 Å². The van der Waals surface area contributed by atoms with E-state index < -0.39 is 0 Å². The molecule has 0 fully saturated rings. The van der Waals surface area contributed by atoms with Gasteiger partial charge < -0.3 is 10.4 Å². The molecule has 1 aromatic rings. The van der Waals surface area contributed by atoms with Crippen LogP contribution in [0.25, 0.3) is 0 Å². The molecule has 0 spiro atoms. The molecule has 0 saturated heterocycles. The number of aliphatic hydroxyl groups excluding tert-OH is 1. The molecular weight excluding hydrogens is 394 g/mol. The van der Waals surface area contributed by atoms with Crippen LogP contribution in [0.1, 0.15) is 49.7 Å². The van der Waals surface area contributed by atoms with Gasteiger partial charge in [-0.05, 0) is 55.6 Å². The minimum absolute atomic E-state index is 0.0158. The molecule has 1 aromatic carbocycles. The number of benzene rings is 1. The van der Waals surface area contributed by atoms with Crippen molar-refractivity contribution in [3.05, 3.63) is 97.5 Å². The van der Waals surface area contributed by atoms with Gasteiger partial charge in [-0.15, -0.1) is 0 Å². The summed E-state index contributed by atoms with van der Waals surface area (Å²) in [4.78, 5) is 9.94. The largest absolute Gasteiger partial charge is 0.495 e. The normalized spacial score (nSPS) is 27.3. The maximum atomic E-state index is 9.76. The van der Waals surface area contributed by atoms with Crippen molar-refractivity contribution >= 4 is 11.4 Å². The summed E-state index contributed by atoms with van der Waals surface area (Å²) < 4.78 is 0. The molecule has 168 valence electrons. The van der Waals surface area contributed by atoms with Crippen molar-refractivity contribution in [2.75, 3.05) is 13.1 Å². The van der Waals surface area contributed by atoms with Gasteiger partial charge in [0.1, 0.15) is 0 Å². The van der Waals surface area contributed by atoms with Crippen LogP contribution in [0.3, 0.4) is 0 Å². The average Bonchev–Trinajstić information content (AvgIpc) is 2.81. The van der Waals surface area contributed by atoms with Crippen LogP contribution in [0.4, 0.5) is 0 Å². The summed E-state index contributed by atoms with van der Waals surface area (Å²) >= 11 is 0. The second-order valence-corrected chi connectivity index (χ2v) is 8.72. The van der Waals surface area contributed by atoms with Crippen molar-refractivity contribution in [2.24, 2.45) is 15.4 Å². The van der Waals surface area contributed by atoms with Crippen LogP contribution in [0.15, 0.2) is 96.3 Å². The number of nitrogens with one attached hydrogen (secondary N) is 1. The maximum absolute atomic E-state index is 9.76. The summed E-state index contributed by atoms with van der Waals surface area (Å²) in [5.41, 5.74) is 5.10. The van der Waals surface area contributed by atoms with E-state index >= 15 is 0 Å². The van der Waals surface area contributed by atoms with Crippen molar-refractivity contribution < 1.29 is 5.11 Å². The van der Waals surface area contributed by atoms with Crippen molar-refractivity contribution in [1.82, 2.24) is 5.32 Å². The second kappa shape index (κ2) is 10.4. The number of hydrogen-bond acceptors (Lipinski definition) is 4. The first kappa shape index (κ1) is 23.5. The predicted octanol–water partition coefficient (Wildman–Crippen LogP) is 6.07. The molecule has 4 nitrogen and oxygen atoms in total. The minimum Gasteiger partial charge on any atom is -0.495 e. The Morgan fingerprint density at radius 1 is 1.28 bits per heavy atom. The van der Waals surface area contributed by atoms with Crippen LogP contribution in [0.2, 0.25) is 0 Å². The van der Waals surface area contributed by atoms with Crippen LogP contribution >= 0.6 is 0 Å². The van der Waals surface area contributed by atoms with E-state index in [0.29, 0.717) is 13.1 Å². The molecule has 2 aliphatic rings. The van der Waals surface area contributed by atoms with Crippen LogP contribution in [-0.4, -0.2) is 35.7 Å². The van der Waals surface area contributed by atoms with E-state index in [4.69, 9.17) is 9.98 Å². The van der Waals surface area contributed by atoms with Crippen molar-refractivity contribution in [2.45, 2.75) is 44.6 Å². The zero-order valence-electron chi connectivity index (χ0n) is 19.2. The van der Waals surface area contributed by atoms with Gasteiger partial charge in [-0.1, -0.05) is 63.1 Å². The van der Waals surface area contributed by atoms with E-state index in [-0.39, 0.29) is 23.3 Å². The van der Waals surface area contributed by atoms with Gasteiger partial charge in [-0.3, -0.25) is 9.98 Å². The average molecular weight is 430 g/mol. The van der Waals surface area contributed by atoms with E-state index in [0.717, 1.165) is 48.2 Å². The van der Waals surface area contributed by atoms with Crippen molar-refractivity contribution in [3.63, 3.8) is 0 Å². The lowest BCUT2D eigenvalue weighted by molar-refractivity contribution is 0.286. The second-order valence-electron chi connectivity index (χ2n) is 8.72. The third-order valence-electron chi connectivity index (χ3n) is 6.47. The number of nitrogens with zero attached hydrogens (tertiary/aromatic N) is 2. The Hall–Kier alpha value is -3.14. The van der Waals surface area contributed by atoms with Gasteiger partial charge in [0.05, 0.1) is 18.3 Å². The molecule has 2 aliphatic heterocycles. The van der Waals surface area contributed by atoms with Gasteiger partial charge in [0.2, 0.25) is 0 Å². The molecule has 0 aromatic heterocycles. The predicted molar refractivity (Wildman–Crippen MR) is 137 cm³/mol. The zero-order chi connectivity index (χ0) is 23.1. The molecular formula is C28H35N3O. The van der Waals surface area contributed by atoms with Gasteiger partial charge in [0.15, 0.2) is 5.88 Å². The first-order valence-corrected chi connectivity index (χ1v) is 11.4. The lowest BCUT2D eigenvalue weighted by Crippen LogP contribution is -2.37. The fourth-order valence-electron chi connectivity index (χ4n) is 4.76. The summed E-state index contributed by atoms with van der Waals surface area (Å²) in [6.07, 6.45) is 11.7. The lowest BCUT2D eigenvalue weighted by Gasteiger charge is -2.38. The monoisotopic (exact) mass is 429 g/mol. The Morgan fingerprint density at radius 2 is 2.06 bits per heavy atom. The van der Waals surface area contributed by atoms with Crippen LogP contribution in [0, 0.1) is 5.41 Å². The van der Waals surface area contributed by atoms with E-state index in [2.05, 4.69) is 75.0 Å². The zero-order valence-corrected chi connectivity index (χ0v) is 19.2. The quantitative estimate of drug-likeness (QED) is 0.408. The molecule has 0 radical (unpaired) electrons. The molecule has 2 N–H and O–H groups in total. The van der Waals surface area contributed by atoms with Gasteiger partial charge in [-0.25, -0.2) is 0 Å². The number of aliphatic imine (C=N–C) groups is 2. The molecule has 2 heterocycles. The summed E-state index contributed by atoms with van der Waals surface area (Å²) in [6, 6.07) is 8.45. The summed E-state index contributed by atoms with van der Waals surface area (Å²) in [5.74, 6) is 0.201. The number of fused-ring (bicyclic) bond motifs is 3. The van der Waals surface area contributed by atoms with Gasteiger partial charge in [0, 0.05) is 29.2 Å². The van der Waals surface area contributed by atoms with Crippen LogP contribution in [0.5, 0.6) is 0 Å². The third kappa shape index (κ3) is 5.18. The van der Waals surface area contributed by atoms with Gasteiger partial charge in [-0.2, -0.15) is 0 Å². The highest BCUT2D eigenvalue weighted by atomic mass is 16.3. The third-order valence-corrected chi connectivity index (χ3v) is 6.47. The van der Waals surface area contributed by atoms with Crippen LogP contribution in [-0.2, 0) is 0 Å². The molecule has 0 saturated carbocycles. The Balaban J connectivity index is 2.09. The number of rotatable bonds is 7. The molecule has 3 atom stereocenters. The Morgan fingerprint density at radius 3 is 2.75 bits per heavy atom. The fraction of sp³-hybridized carbons (Fsp3) is 0.357. The van der Waals surface area contributed by atoms with Gasteiger partial charge >= 0.3 is 0 Å². The van der Waals surface area contributed by atoms with Crippen LogP contribution < -0.4 is 5.32 Å². The summed E-state index contributed by atoms with van der Waals surface area (Å²) in [5, 5.41) is 12.8. The SMILES string of the molecule is C=CC1=NC2C(=C)C/N=C(/C=C)CC(/C=C\CC)(CNC(=C)O)CCC2c2ccccc21. The first-order chi connectivity index (χ1) is 15.4. The standard InChI is InChI=1S/C28H35N3O/c1-6-9-15-28(19-30-21(5)32)16-14-25-23-12-10-11-13-24(23)26(8-3)31-27(25)20(4)18-29-22(7-2)17-28/h7-13,15,25,27,30,32H,2-6,14,16-19H2,1H3/b15-9-,29-22-. The molecule has 0 amide bonds. The number of hydrogen-bond donors (Lipinski definition) is 2. The molecule has 0 aliphatic carbocycles. The van der Waals surface area contributed by atoms with Crippen molar-refractivity contribution in [3.8, 4) is 0 Å². The van der Waals surface area contributed by atoms with E-state index in [1.807, 2.05) is 12.2 Å². The highest BCUT2D eigenvalue weighted by Gasteiger charge is 2.36. The first-order valence-electron chi connectivity index (χ1n) is 11.4. The lowest BCUT2D eigenvalue weighted by atomic mass is 9.71. The smallest absolute Gasteiger partial charge is 0.176 e. The minimum atomic E-state index is -0.227. The number of aliphatic hydroxyl groups is 1. The molecule has 3 rings (SSSR count). The van der Waals surface area contributed by atoms with Gasteiger partial charge in [0.25, 0.3) is 0 Å². The summed E-state index contributed by atoms with van der Waals surface area (Å²) in [6.45, 7) is 19.2. The topological polar surface area (TPSA) is 57.0 Å². The highest BCUT2D eigenvalue weighted by molar-refractivity contribution is 6.10. The molecule has 4 heteroatoms. The Labute approximate surface area is 192 Å². The Bertz CT molecular complexity index is 984. The van der Waals surface area contributed by atoms with Crippen molar-refractivity contribution in [1.29, 1.82) is 0 Å². The van der Waals surface area contributed by atoms with E-state index in [1.54, 1.807) is 0 Å². The fourth-order valence-corrected chi connectivity index (χ4v) is 4.76. The summed E-state index contributed by atoms with van der Waals surface area (Å²) in [7, 11) is 0. The molecule has 0 bridgehead atoms.